The zero-order valence-electron chi connectivity index (χ0n) is 6.20. The Morgan fingerprint density at radius 3 is 2.10 bits per heavy atom. The minimum Gasteiger partial charge on any atom is -0.495 e. The van der Waals surface area contributed by atoms with Gasteiger partial charge in [0.25, 0.3) is 0 Å². The summed E-state index contributed by atoms with van der Waals surface area (Å²) in [6.45, 7) is 0. The summed E-state index contributed by atoms with van der Waals surface area (Å²) in [6.07, 6.45) is 2.85. The van der Waals surface area contributed by atoms with Crippen LogP contribution in [0.3, 0.4) is 0 Å². The van der Waals surface area contributed by atoms with Crippen molar-refractivity contribution in [1.29, 1.82) is 0 Å². The maximum Gasteiger partial charge on any atom is 0.181 e. The number of aliphatic hydroxyl groups is 1. The maximum atomic E-state index is 8.50. The molecule has 0 bridgehead atoms. The van der Waals surface area contributed by atoms with Crippen molar-refractivity contribution in [3.05, 3.63) is 23.9 Å². The molecule has 0 aromatic rings. The summed E-state index contributed by atoms with van der Waals surface area (Å²) < 4.78 is 0. The van der Waals surface area contributed by atoms with Crippen LogP contribution < -0.4 is 11.5 Å². The van der Waals surface area contributed by atoms with E-state index in [4.69, 9.17) is 16.6 Å². The Balaban J connectivity index is 4.05. The van der Waals surface area contributed by atoms with Crippen molar-refractivity contribution in [2.45, 2.75) is 0 Å². The van der Waals surface area contributed by atoms with E-state index < -0.39 is 0 Å². The van der Waals surface area contributed by atoms with Crippen LogP contribution >= 0.6 is 0 Å². The SMILES string of the molecule is CN(C)/C(N)=C/C=C(\N)O. The quantitative estimate of drug-likeness (QED) is 0.366. The van der Waals surface area contributed by atoms with E-state index in [2.05, 4.69) is 0 Å². The minimum atomic E-state index is -0.246. The van der Waals surface area contributed by atoms with Gasteiger partial charge in [0.05, 0.1) is 5.82 Å². The highest BCUT2D eigenvalue weighted by molar-refractivity contribution is 5.09. The van der Waals surface area contributed by atoms with Gasteiger partial charge in [0, 0.05) is 20.2 Å². The smallest absolute Gasteiger partial charge is 0.181 e. The topological polar surface area (TPSA) is 75.5 Å². The van der Waals surface area contributed by atoms with Gasteiger partial charge in [-0.3, -0.25) is 0 Å². The second-order valence-electron chi connectivity index (χ2n) is 2.08. The van der Waals surface area contributed by atoms with Gasteiger partial charge in [-0.05, 0) is 6.08 Å². The summed E-state index contributed by atoms with van der Waals surface area (Å²) >= 11 is 0. The van der Waals surface area contributed by atoms with Crippen molar-refractivity contribution >= 4 is 0 Å². The molecule has 5 N–H and O–H groups in total. The summed E-state index contributed by atoms with van der Waals surface area (Å²) in [7, 11) is 3.60. The summed E-state index contributed by atoms with van der Waals surface area (Å²) in [5, 5.41) is 8.50. The fourth-order valence-electron chi connectivity index (χ4n) is 0.320. The molecule has 10 heavy (non-hydrogen) atoms. The zero-order chi connectivity index (χ0) is 8.15. The van der Waals surface area contributed by atoms with E-state index in [1.165, 1.54) is 12.2 Å². The number of nitrogens with two attached hydrogens (primary N) is 2. The van der Waals surface area contributed by atoms with E-state index in [1.54, 1.807) is 19.0 Å². The van der Waals surface area contributed by atoms with E-state index in [9.17, 15) is 0 Å². The van der Waals surface area contributed by atoms with Crippen LogP contribution in [0.15, 0.2) is 23.9 Å². The molecule has 0 fully saturated rings. The standard InChI is InChI=1S/C6H13N3O/c1-9(2)5(7)3-4-6(8)10/h3-4,10H,7-8H2,1-2H3/b5-3+,6-4+. The van der Waals surface area contributed by atoms with Crippen LogP contribution in [0.5, 0.6) is 0 Å². The molecule has 0 aliphatic carbocycles. The largest absolute Gasteiger partial charge is 0.495 e. The second-order valence-corrected chi connectivity index (χ2v) is 2.08. The van der Waals surface area contributed by atoms with Crippen LogP contribution in [0, 0.1) is 0 Å². The van der Waals surface area contributed by atoms with Gasteiger partial charge in [-0.25, -0.2) is 0 Å². The van der Waals surface area contributed by atoms with Crippen LogP contribution in [-0.4, -0.2) is 24.1 Å². The van der Waals surface area contributed by atoms with Crippen molar-refractivity contribution < 1.29 is 5.11 Å². The van der Waals surface area contributed by atoms with Crippen LogP contribution in [0.25, 0.3) is 0 Å². The normalized spacial score (nSPS) is 13.4. The average molecular weight is 143 g/mol. The first kappa shape index (κ1) is 8.68. The molecule has 0 amide bonds. The zero-order valence-corrected chi connectivity index (χ0v) is 6.20. The third-order valence-corrected chi connectivity index (χ3v) is 0.941. The summed E-state index contributed by atoms with van der Waals surface area (Å²) in [5.74, 6) is 0.293. The molecular formula is C6H13N3O. The van der Waals surface area contributed by atoms with Gasteiger partial charge in [0.1, 0.15) is 0 Å². The van der Waals surface area contributed by atoms with Crippen molar-refractivity contribution in [2.24, 2.45) is 11.5 Å². The van der Waals surface area contributed by atoms with Crippen LogP contribution in [0.4, 0.5) is 0 Å². The Labute approximate surface area is 60.4 Å². The Bertz CT molecular complexity index is 156. The van der Waals surface area contributed by atoms with E-state index in [0.717, 1.165) is 0 Å². The lowest BCUT2D eigenvalue weighted by Crippen LogP contribution is -2.18. The fraction of sp³-hybridized carbons (Fsp3) is 0.333. The Kier molecular flexibility index (Phi) is 3.17. The van der Waals surface area contributed by atoms with Crippen molar-refractivity contribution in [3.63, 3.8) is 0 Å². The fourth-order valence-corrected chi connectivity index (χ4v) is 0.320. The summed E-state index contributed by atoms with van der Waals surface area (Å²) in [6, 6.07) is 0. The van der Waals surface area contributed by atoms with Gasteiger partial charge in [0.2, 0.25) is 0 Å². The monoisotopic (exact) mass is 143 g/mol. The Hall–Kier alpha value is -1.32. The first-order valence-electron chi connectivity index (χ1n) is 2.83. The Morgan fingerprint density at radius 1 is 1.30 bits per heavy atom. The molecule has 4 nitrogen and oxygen atoms in total. The molecule has 0 aliphatic rings. The third-order valence-electron chi connectivity index (χ3n) is 0.941. The molecule has 0 unspecified atom stereocenters. The van der Waals surface area contributed by atoms with Crippen LogP contribution in [-0.2, 0) is 0 Å². The second kappa shape index (κ2) is 3.66. The molecule has 0 rings (SSSR count). The van der Waals surface area contributed by atoms with Gasteiger partial charge in [-0.2, -0.15) is 0 Å². The molecule has 0 aromatic heterocycles. The van der Waals surface area contributed by atoms with Crippen LogP contribution in [0.2, 0.25) is 0 Å². The molecule has 0 aliphatic heterocycles. The molecule has 0 heterocycles. The summed E-state index contributed by atoms with van der Waals surface area (Å²) in [4.78, 5) is 1.71. The molecule has 0 spiro atoms. The molecule has 58 valence electrons. The number of aliphatic hydroxyl groups excluding tert-OH is 1. The number of allylic oxidation sites excluding steroid dienone is 2. The molecule has 0 radical (unpaired) electrons. The van der Waals surface area contributed by atoms with Crippen molar-refractivity contribution in [3.8, 4) is 0 Å². The van der Waals surface area contributed by atoms with E-state index in [0.29, 0.717) is 5.82 Å². The summed E-state index contributed by atoms with van der Waals surface area (Å²) in [5.41, 5.74) is 10.4. The predicted molar refractivity (Wildman–Crippen MR) is 40.9 cm³/mol. The highest BCUT2D eigenvalue weighted by Crippen LogP contribution is 1.88. The molecule has 0 atom stereocenters. The van der Waals surface area contributed by atoms with Gasteiger partial charge in [-0.1, -0.05) is 0 Å². The molecule has 0 saturated carbocycles. The predicted octanol–water partition coefficient (Wildman–Crippen LogP) is -0.294. The molecular weight excluding hydrogens is 130 g/mol. The van der Waals surface area contributed by atoms with Crippen LogP contribution in [0.1, 0.15) is 0 Å². The van der Waals surface area contributed by atoms with Gasteiger partial charge in [-0.15, -0.1) is 0 Å². The lowest BCUT2D eigenvalue weighted by molar-refractivity contribution is 0.405. The van der Waals surface area contributed by atoms with E-state index in [1.807, 2.05) is 0 Å². The van der Waals surface area contributed by atoms with Gasteiger partial charge < -0.3 is 21.5 Å². The lowest BCUT2D eigenvalue weighted by Gasteiger charge is -2.10. The Morgan fingerprint density at radius 2 is 1.80 bits per heavy atom. The lowest BCUT2D eigenvalue weighted by atomic mass is 10.5. The number of rotatable bonds is 2. The van der Waals surface area contributed by atoms with Crippen molar-refractivity contribution in [2.75, 3.05) is 14.1 Å². The number of nitrogens with zero attached hydrogens (tertiary/aromatic N) is 1. The highest BCUT2D eigenvalue weighted by atomic mass is 16.3. The van der Waals surface area contributed by atoms with E-state index in [-0.39, 0.29) is 5.88 Å². The molecule has 0 aromatic carbocycles. The average Bonchev–Trinajstić information content (AvgIpc) is 1.82. The van der Waals surface area contributed by atoms with Crippen molar-refractivity contribution in [1.82, 2.24) is 4.90 Å². The highest BCUT2D eigenvalue weighted by Gasteiger charge is 1.87. The molecule has 4 heteroatoms. The maximum absolute atomic E-state index is 8.50. The molecule has 0 saturated heterocycles. The number of hydrogen-bond acceptors (Lipinski definition) is 4. The van der Waals surface area contributed by atoms with Gasteiger partial charge in [0.15, 0.2) is 5.88 Å². The first-order valence-corrected chi connectivity index (χ1v) is 2.83. The van der Waals surface area contributed by atoms with Gasteiger partial charge >= 0.3 is 0 Å². The first-order chi connectivity index (χ1) is 4.54. The van der Waals surface area contributed by atoms with E-state index >= 15 is 0 Å². The number of hydrogen-bond donors (Lipinski definition) is 3. The third kappa shape index (κ3) is 3.65. The minimum absolute atomic E-state index is 0.246.